The summed E-state index contributed by atoms with van der Waals surface area (Å²) in [6.45, 7) is 12.3. The van der Waals surface area contributed by atoms with Crippen molar-refractivity contribution < 1.29 is 4.79 Å². The third-order valence-electron chi connectivity index (χ3n) is 6.59. The Morgan fingerprint density at radius 3 is 2.50 bits per heavy atom. The van der Waals surface area contributed by atoms with Crippen molar-refractivity contribution in [2.24, 2.45) is 13.0 Å². The van der Waals surface area contributed by atoms with Crippen molar-refractivity contribution in [1.82, 2.24) is 24.6 Å². The van der Waals surface area contributed by atoms with E-state index in [0.29, 0.717) is 18.3 Å². The summed E-state index contributed by atoms with van der Waals surface area (Å²) < 4.78 is 1.94. The zero-order valence-corrected chi connectivity index (χ0v) is 19.0. The van der Waals surface area contributed by atoms with Crippen molar-refractivity contribution in [3.05, 3.63) is 34.5 Å². The van der Waals surface area contributed by atoms with Crippen LogP contribution in [0.4, 0.5) is 5.82 Å². The minimum Gasteiger partial charge on any atom is -0.299 e. The average Bonchev–Trinajstić information content (AvgIpc) is 3.02. The molecule has 1 fully saturated rings. The lowest BCUT2D eigenvalue weighted by Crippen LogP contribution is -2.39. The summed E-state index contributed by atoms with van der Waals surface area (Å²) in [7, 11) is 1.99. The van der Waals surface area contributed by atoms with Gasteiger partial charge in [0.2, 0.25) is 5.91 Å². The summed E-state index contributed by atoms with van der Waals surface area (Å²) >= 11 is 0. The van der Waals surface area contributed by atoms with Gasteiger partial charge < -0.3 is 0 Å². The number of amides is 1. The highest BCUT2D eigenvalue weighted by molar-refractivity contribution is 5.95. The van der Waals surface area contributed by atoms with Crippen LogP contribution in [0.2, 0.25) is 0 Å². The molecule has 0 N–H and O–H groups in total. The van der Waals surface area contributed by atoms with Crippen LogP contribution in [0.1, 0.15) is 67.4 Å². The van der Waals surface area contributed by atoms with Gasteiger partial charge in [-0.1, -0.05) is 13.8 Å². The molecule has 2 aromatic rings. The molecule has 1 saturated heterocycles. The van der Waals surface area contributed by atoms with E-state index in [2.05, 4.69) is 37.7 Å². The van der Waals surface area contributed by atoms with Gasteiger partial charge in [-0.15, -0.1) is 0 Å². The van der Waals surface area contributed by atoms with Crippen molar-refractivity contribution in [2.75, 3.05) is 24.5 Å². The Morgan fingerprint density at radius 2 is 1.87 bits per heavy atom. The number of piperidine rings is 1. The second kappa shape index (κ2) is 8.46. The van der Waals surface area contributed by atoms with Crippen molar-refractivity contribution in [1.29, 1.82) is 0 Å². The normalized spacial score (nSPS) is 18.3. The molecule has 162 valence electrons. The minimum absolute atomic E-state index is 0.196. The number of aromatic nitrogens is 4. The molecule has 0 atom stereocenters. The number of anilines is 1. The van der Waals surface area contributed by atoms with Crippen LogP contribution < -0.4 is 4.90 Å². The molecule has 4 heterocycles. The number of likely N-dealkylation sites (tertiary alicyclic amines) is 1. The smallest absolute Gasteiger partial charge is 0.228 e. The fourth-order valence-corrected chi connectivity index (χ4v) is 4.63. The minimum atomic E-state index is 0.196. The second-order valence-corrected chi connectivity index (χ2v) is 9.30. The predicted molar refractivity (Wildman–Crippen MR) is 117 cm³/mol. The van der Waals surface area contributed by atoms with Crippen molar-refractivity contribution >= 4 is 11.7 Å². The molecule has 0 saturated carbocycles. The first-order valence-corrected chi connectivity index (χ1v) is 11.2. The van der Waals surface area contributed by atoms with Crippen molar-refractivity contribution in [3.8, 4) is 0 Å². The molecule has 4 rings (SSSR count). The van der Waals surface area contributed by atoms with E-state index in [4.69, 9.17) is 9.97 Å². The molecule has 7 heteroatoms. The van der Waals surface area contributed by atoms with Gasteiger partial charge in [0.15, 0.2) is 0 Å². The molecule has 0 unspecified atom stereocenters. The highest BCUT2D eigenvalue weighted by Gasteiger charge is 2.31. The van der Waals surface area contributed by atoms with E-state index in [1.807, 2.05) is 22.8 Å². The predicted octanol–water partition coefficient (Wildman–Crippen LogP) is 3.14. The van der Waals surface area contributed by atoms with Gasteiger partial charge in [0.25, 0.3) is 0 Å². The highest BCUT2D eigenvalue weighted by Crippen LogP contribution is 2.33. The first-order valence-electron chi connectivity index (χ1n) is 11.2. The Hall–Kier alpha value is -2.28. The van der Waals surface area contributed by atoms with Gasteiger partial charge >= 0.3 is 0 Å². The van der Waals surface area contributed by atoms with Gasteiger partial charge in [-0.25, -0.2) is 9.97 Å². The number of carbonyl (C=O) groups excluding carboxylic acids is 1. The summed E-state index contributed by atoms with van der Waals surface area (Å²) in [5.41, 5.74) is 4.74. The van der Waals surface area contributed by atoms with Crippen LogP contribution >= 0.6 is 0 Å². The lowest BCUT2D eigenvalue weighted by atomic mass is 9.94. The van der Waals surface area contributed by atoms with Gasteiger partial charge in [-0.3, -0.25) is 19.3 Å². The second-order valence-electron chi connectivity index (χ2n) is 9.30. The van der Waals surface area contributed by atoms with Crippen molar-refractivity contribution in [3.63, 3.8) is 0 Å². The third kappa shape index (κ3) is 4.13. The fourth-order valence-electron chi connectivity index (χ4n) is 4.63. The van der Waals surface area contributed by atoms with Crippen LogP contribution in [0, 0.1) is 19.8 Å². The zero-order chi connectivity index (χ0) is 21.4. The lowest BCUT2D eigenvalue weighted by Gasteiger charge is -2.33. The maximum atomic E-state index is 12.6. The number of fused-ring (bicyclic) bond motifs is 1. The van der Waals surface area contributed by atoms with Crippen LogP contribution in [0.25, 0.3) is 0 Å². The molecule has 7 nitrogen and oxygen atoms in total. The largest absolute Gasteiger partial charge is 0.299 e. The number of rotatable bonds is 5. The van der Waals surface area contributed by atoms with Gasteiger partial charge in [-0.05, 0) is 52.1 Å². The van der Waals surface area contributed by atoms with E-state index in [1.165, 1.54) is 11.3 Å². The molecule has 0 radical (unpaired) electrons. The Labute approximate surface area is 179 Å². The fraction of sp³-hybridized carbons (Fsp3) is 0.652. The van der Waals surface area contributed by atoms with E-state index in [1.54, 1.807) is 0 Å². The van der Waals surface area contributed by atoms with E-state index in [-0.39, 0.29) is 5.91 Å². The van der Waals surface area contributed by atoms with E-state index < -0.39 is 0 Å². The Balaban J connectivity index is 1.49. The molecule has 2 aliphatic rings. The molecule has 0 spiro atoms. The number of hydrogen-bond donors (Lipinski definition) is 0. The van der Waals surface area contributed by atoms with E-state index in [0.717, 1.165) is 68.3 Å². The summed E-state index contributed by atoms with van der Waals surface area (Å²) in [5.74, 6) is 2.76. The van der Waals surface area contributed by atoms with Gasteiger partial charge in [0, 0.05) is 55.0 Å². The summed E-state index contributed by atoms with van der Waals surface area (Å²) in [6.07, 6.45) is 5.41. The molecule has 30 heavy (non-hydrogen) atoms. The average molecular weight is 411 g/mol. The molecule has 2 aromatic heterocycles. The van der Waals surface area contributed by atoms with Crippen LogP contribution in [-0.2, 0) is 24.8 Å². The number of aryl methyl sites for hydroxylation is 2. The first-order chi connectivity index (χ1) is 14.3. The topological polar surface area (TPSA) is 67.2 Å². The van der Waals surface area contributed by atoms with Gasteiger partial charge in [0.05, 0.1) is 6.20 Å². The SMILES string of the molecule is Cc1nc(C2CCN(Cc3cnn(C)c3C)CC2)nc2c1CCC(=O)N2CC(C)C. The molecule has 0 aromatic carbocycles. The number of nitrogens with zero attached hydrogens (tertiary/aromatic N) is 6. The summed E-state index contributed by atoms with van der Waals surface area (Å²) in [5, 5.41) is 4.37. The molecular formula is C23H34N6O. The van der Waals surface area contributed by atoms with Crippen LogP contribution in [0.15, 0.2) is 6.20 Å². The van der Waals surface area contributed by atoms with E-state index in [9.17, 15) is 4.79 Å². The number of hydrogen-bond acceptors (Lipinski definition) is 5. The van der Waals surface area contributed by atoms with Crippen LogP contribution in [-0.4, -0.2) is 50.2 Å². The molecule has 2 aliphatic heterocycles. The Kier molecular flexibility index (Phi) is 5.91. The van der Waals surface area contributed by atoms with E-state index >= 15 is 0 Å². The molecule has 0 aliphatic carbocycles. The zero-order valence-electron chi connectivity index (χ0n) is 19.0. The summed E-state index contributed by atoms with van der Waals surface area (Å²) in [4.78, 5) is 26.9. The Morgan fingerprint density at radius 1 is 1.13 bits per heavy atom. The highest BCUT2D eigenvalue weighted by atomic mass is 16.2. The van der Waals surface area contributed by atoms with Gasteiger partial charge in [-0.2, -0.15) is 5.10 Å². The maximum Gasteiger partial charge on any atom is 0.228 e. The van der Waals surface area contributed by atoms with Gasteiger partial charge in [0.1, 0.15) is 11.6 Å². The molecular weight excluding hydrogens is 376 g/mol. The first kappa shape index (κ1) is 21.0. The quantitative estimate of drug-likeness (QED) is 0.758. The lowest BCUT2D eigenvalue weighted by molar-refractivity contribution is -0.119. The van der Waals surface area contributed by atoms with Crippen LogP contribution in [0.3, 0.4) is 0 Å². The standard InChI is InChI=1S/C23H34N6O/c1-15(2)13-29-21(30)7-6-20-16(3)25-22(26-23(20)29)18-8-10-28(11-9-18)14-19-12-24-27(5)17(19)4/h12,15,18H,6-11,13-14H2,1-5H3. The number of carbonyl (C=O) groups is 1. The maximum absolute atomic E-state index is 12.6. The third-order valence-corrected chi connectivity index (χ3v) is 6.59. The molecule has 1 amide bonds. The Bertz CT molecular complexity index is 926. The summed E-state index contributed by atoms with van der Waals surface area (Å²) in [6, 6.07) is 0. The monoisotopic (exact) mass is 410 g/mol. The van der Waals surface area contributed by atoms with Crippen molar-refractivity contribution in [2.45, 2.75) is 65.8 Å². The van der Waals surface area contributed by atoms with Crippen LogP contribution in [0.5, 0.6) is 0 Å². The molecule has 0 bridgehead atoms.